The molecule has 0 atom stereocenters. The molecule has 0 spiro atoms. The Morgan fingerprint density at radius 2 is 2.14 bits per heavy atom. The van der Waals surface area contributed by atoms with Crippen molar-refractivity contribution in [2.75, 3.05) is 6.54 Å². The van der Waals surface area contributed by atoms with Crippen LogP contribution in [0.25, 0.3) is 0 Å². The van der Waals surface area contributed by atoms with Crippen molar-refractivity contribution in [2.24, 2.45) is 0 Å². The van der Waals surface area contributed by atoms with E-state index in [0.717, 1.165) is 17.3 Å². The average Bonchev–Trinajstić information content (AvgIpc) is 2.88. The number of hydrogen-bond donors (Lipinski definition) is 3. The summed E-state index contributed by atoms with van der Waals surface area (Å²) in [4.78, 5) is 23.3. The number of hydrogen-bond acceptors (Lipinski definition) is 3. The van der Waals surface area contributed by atoms with Crippen LogP contribution in [-0.4, -0.2) is 28.6 Å². The fraction of sp³-hybridized carbons (Fsp3) is 0.214. The highest BCUT2D eigenvalue weighted by atomic mass is 19.1. The molecule has 21 heavy (non-hydrogen) atoms. The minimum absolute atomic E-state index is 0.174. The number of benzene rings is 1. The minimum Gasteiger partial charge on any atom is -0.350 e. The Hall–Kier alpha value is -2.70. The molecule has 0 aliphatic heterocycles. The van der Waals surface area contributed by atoms with E-state index in [-0.39, 0.29) is 18.0 Å². The van der Waals surface area contributed by atoms with Crippen LogP contribution >= 0.6 is 0 Å². The van der Waals surface area contributed by atoms with Crippen LogP contribution in [0.4, 0.5) is 4.39 Å². The van der Waals surface area contributed by atoms with Gasteiger partial charge in [-0.1, -0.05) is 6.07 Å². The van der Waals surface area contributed by atoms with Gasteiger partial charge >= 0.3 is 0 Å². The van der Waals surface area contributed by atoms with E-state index in [1.807, 2.05) is 6.92 Å². The first kappa shape index (κ1) is 14.7. The van der Waals surface area contributed by atoms with Crippen LogP contribution in [0.5, 0.6) is 0 Å². The quantitative estimate of drug-likeness (QED) is 0.764. The second-order valence-corrected chi connectivity index (χ2v) is 4.49. The molecule has 0 aliphatic rings. The van der Waals surface area contributed by atoms with Crippen molar-refractivity contribution in [3.8, 4) is 0 Å². The molecule has 2 rings (SSSR count). The maximum atomic E-state index is 13.0. The maximum absolute atomic E-state index is 13.0. The van der Waals surface area contributed by atoms with Gasteiger partial charge < -0.3 is 10.6 Å². The fourth-order valence-corrected chi connectivity index (χ4v) is 1.70. The summed E-state index contributed by atoms with van der Waals surface area (Å²) in [5.41, 5.74) is 1.92. The third kappa shape index (κ3) is 4.13. The van der Waals surface area contributed by atoms with E-state index < -0.39 is 11.7 Å². The van der Waals surface area contributed by atoms with Crippen LogP contribution in [0, 0.1) is 12.7 Å². The standard InChI is InChI=1S/C14H15FN4O2/c1-9-11(7-18-19-9)6-16-13(20)8-17-14(21)10-3-2-4-12(15)5-10/h2-5,7H,6,8H2,1H3,(H,16,20)(H,17,21)(H,18,19). The zero-order chi connectivity index (χ0) is 15.2. The molecule has 0 radical (unpaired) electrons. The molecule has 1 heterocycles. The number of carbonyl (C=O) groups excluding carboxylic acids is 2. The average molecular weight is 290 g/mol. The van der Waals surface area contributed by atoms with Gasteiger partial charge in [0.15, 0.2) is 0 Å². The molecule has 2 amide bonds. The Bertz CT molecular complexity index is 654. The van der Waals surface area contributed by atoms with Crippen LogP contribution in [-0.2, 0) is 11.3 Å². The smallest absolute Gasteiger partial charge is 0.251 e. The third-order valence-electron chi connectivity index (χ3n) is 2.91. The van der Waals surface area contributed by atoms with E-state index in [0.29, 0.717) is 6.54 Å². The lowest BCUT2D eigenvalue weighted by Crippen LogP contribution is -2.36. The first-order valence-electron chi connectivity index (χ1n) is 6.35. The molecule has 0 fully saturated rings. The number of aromatic nitrogens is 2. The lowest BCUT2D eigenvalue weighted by Gasteiger charge is -2.06. The lowest BCUT2D eigenvalue weighted by atomic mass is 10.2. The molecular weight excluding hydrogens is 275 g/mol. The predicted molar refractivity (Wildman–Crippen MR) is 73.9 cm³/mol. The number of nitrogens with zero attached hydrogens (tertiary/aromatic N) is 1. The van der Waals surface area contributed by atoms with Crippen LogP contribution < -0.4 is 10.6 Å². The highest BCUT2D eigenvalue weighted by Gasteiger charge is 2.09. The summed E-state index contributed by atoms with van der Waals surface area (Å²) in [5.74, 6) is -1.33. The summed E-state index contributed by atoms with van der Waals surface area (Å²) >= 11 is 0. The Labute approximate surface area is 120 Å². The van der Waals surface area contributed by atoms with Crippen molar-refractivity contribution in [3.63, 3.8) is 0 Å². The first-order chi connectivity index (χ1) is 10.1. The van der Waals surface area contributed by atoms with Gasteiger partial charge in [-0.25, -0.2) is 4.39 Å². The molecule has 7 heteroatoms. The fourth-order valence-electron chi connectivity index (χ4n) is 1.70. The summed E-state index contributed by atoms with van der Waals surface area (Å²) in [6, 6.07) is 5.27. The van der Waals surface area contributed by atoms with E-state index in [1.165, 1.54) is 18.2 Å². The largest absolute Gasteiger partial charge is 0.350 e. The number of nitrogens with one attached hydrogen (secondary N) is 3. The highest BCUT2D eigenvalue weighted by Crippen LogP contribution is 2.03. The molecule has 1 aromatic heterocycles. The monoisotopic (exact) mass is 290 g/mol. The van der Waals surface area contributed by atoms with Crippen molar-refractivity contribution < 1.29 is 14.0 Å². The van der Waals surface area contributed by atoms with Gasteiger partial charge in [-0.3, -0.25) is 14.7 Å². The topological polar surface area (TPSA) is 86.9 Å². The van der Waals surface area contributed by atoms with Crippen molar-refractivity contribution in [1.29, 1.82) is 0 Å². The normalized spacial score (nSPS) is 10.2. The van der Waals surface area contributed by atoms with Crippen LogP contribution in [0.15, 0.2) is 30.5 Å². The van der Waals surface area contributed by atoms with Gasteiger partial charge in [-0.2, -0.15) is 5.10 Å². The van der Waals surface area contributed by atoms with E-state index in [1.54, 1.807) is 6.20 Å². The molecule has 1 aromatic carbocycles. The maximum Gasteiger partial charge on any atom is 0.251 e. The molecule has 0 unspecified atom stereocenters. The highest BCUT2D eigenvalue weighted by molar-refractivity contribution is 5.96. The van der Waals surface area contributed by atoms with Gasteiger partial charge in [-0.05, 0) is 25.1 Å². The number of amides is 2. The van der Waals surface area contributed by atoms with Crippen LogP contribution in [0.3, 0.4) is 0 Å². The molecule has 0 saturated carbocycles. The Kier molecular flexibility index (Phi) is 4.65. The molecule has 2 aromatic rings. The predicted octanol–water partition coefficient (Wildman–Crippen LogP) is 0.903. The lowest BCUT2D eigenvalue weighted by molar-refractivity contribution is -0.120. The summed E-state index contributed by atoms with van der Waals surface area (Å²) < 4.78 is 13.0. The molecular formula is C14H15FN4O2. The zero-order valence-electron chi connectivity index (χ0n) is 11.4. The third-order valence-corrected chi connectivity index (χ3v) is 2.91. The number of H-pyrrole nitrogens is 1. The first-order valence-corrected chi connectivity index (χ1v) is 6.35. The number of carbonyl (C=O) groups is 2. The van der Waals surface area contributed by atoms with Crippen molar-refractivity contribution in [2.45, 2.75) is 13.5 Å². The number of halogens is 1. The molecule has 0 saturated heterocycles. The van der Waals surface area contributed by atoms with E-state index in [2.05, 4.69) is 20.8 Å². The van der Waals surface area contributed by atoms with Crippen molar-refractivity contribution >= 4 is 11.8 Å². The Morgan fingerprint density at radius 1 is 1.33 bits per heavy atom. The van der Waals surface area contributed by atoms with Gasteiger partial charge in [-0.15, -0.1) is 0 Å². The van der Waals surface area contributed by atoms with E-state index in [9.17, 15) is 14.0 Å². The molecule has 6 nitrogen and oxygen atoms in total. The number of rotatable bonds is 5. The van der Waals surface area contributed by atoms with Gasteiger partial charge in [0.05, 0.1) is 12.7 Å². The molecule has 0 aliphatic carbocycles. The van der Waals surface area contributed by atoms with E-state index in [4.69, 9.17) is 0 Å². The van der Waals surface area contributed by atoms with Crippen molar-refractivity contribution in [1.82, 2.24) is 20.8 Å². The van der Waals surface area contributed by atoms with Crippen molar-refractivity contribution in [3.05, 3.63) is 53.1 Å². The summed E-state index contributed by atoms with van der Waals surface area (Å²) in [5, 5.41) is 11.7. The Balaban J connectivity index is 1.79. The van der Waals surface area contributed by atoms with Gasteiger partial charge in [0.1, 0.15) is 5.82 Å². The van der Waals surface area contributed by atoms with Crippen LogP contribution in [0.1, 0.15) is 21.6 Å². The zero-order valence-corrected chi connectivity index (χ0v) is 11.4. The molecule has 110 valence electrons. The summed E-state index contributed by atoms with van der Waals surface area (Å²) in [6.45, 7) is 2.00. The minimum atomic E-state index is -0.498. The van der Waals surface area contributed by atoms with Gasteiger partial charge in [0, 0.05) is 23.4 Å². The number of aromatic amines is 1. The summed E-state index contributed by atoms with van der Waals surface area (Å²) in [7, 11) is 0. The summed E-state index contributed by atoms with van der Waals surface area (Å²) in [6.07, 6.45) is 1.63. The second kappa shape index (κ2) is 6.65. The van der Waals surface area contributed by atoms with E-state index >= 15 is 0 Å². The van der Waals surface area contributed by atoms with Crippen LogP contribution in [0.2, 0.25) is 0 Å². The molecule has 3 N–H and O–H groups in total. The second-order valence-electron chi connectivity index (χ2n) is 4.49. The van der Waals surface area contributed by atoms with Gasteiger partial charge in [0.2, 0.25) is 5.91 Å². The molecule has 0 bridgehead atoms. The van der Waals surface area contributed by atoms with Gasteiger partial charge in [0.25, 0.3) is 5.91 Å². The Morgan fingerprint density at radius 3 is 2.81 bits per heavy atom. The SMILES string of the molecule is Cc1[nH]ncc1CNC(=O)CNC(=O)c1cccc(F)c1. The number of aryl methyl sites for hydroxylation is 1.